The summed E-state index contributed by atoms with van der Waals surface area (Å²) < 4.78 is 6.10. The molecule has 19 heavy (non-hydrogen) atoms. The van der Waals surface area contributed by atoms with Gasteiger partial charge in [0.15, 0.2) is 0 Å². The molecule has 0 aromatic carbocycles. The predicted octanol–water partition coefficient (Wildman–Crippen LogP) is 4.06. The molecule has 2 nitrogen and oxygen atoms in total. The second-order valence-corrected chi connectivity index (χ2v) is 6.02. The third-order valence-corrected chi connectivity index (χ3v) is 4.42. The molecule has 0 bridgehead atoms. The summed E-state index contributed by atoms with van der Waals surface area (Å²) in [7, 11) is 0. The minimum atomic E-state index is 0.413. The van der Waals surface area contributed by atoms with Gasteiger partial charge >= 0.3 is 0 Å². The Balaban J connectivity index is 2.06. The SMILES string of the molecule is CCNC(C1=CCCCCCC1)C(OCC)C1CC1. The molecule has 1 fully saturated rings. The van der Waals surface area contributed by atoms with E-state index in [0.717, 1.165) is 19.1 Å². The van der Waals surface area contributed by atoms with Gasteiger partial charge in [-0.25, -0.2) is 0 Å². The van der Waals surface area contributed by atoms with E-state index < -0.39 is 0 Å². The van der Waals surface area contributed by atoms with Crippen molar-refractivity contribution in [1.29, 1.82) is 0 Å². The van der Waals surface area contributed by atoms with Gasteiger partial charge in [0.05, 0.1) is 12.1 Å². The summed E-state index contributed by atoms with van der Waals surface area (Å²) in [6, 6.07) is 0.468. The molecule has 0 amide bonds. The molecule has 1 saturated carbocycles. The normalized spacial score (nSPS) is 24.2. The summed E-state index contributed by atoms with van der Waals surface area (Å²) in [5, 5.41) is 3.71. The zero-order chi connectivity index (χ0) is 13.5. The Labute approximate surface area is 119 Å². The van der Waals surface area contributed by atoms with Gasteiger partial charge in [0, 0.05) is 6.61 Å². The van der Waals surface area contributed by atoms with Gasteiger partial charge in [-0.3, -0.25) is 0 Å². The van der Waals surface area contributed by atoms with Gasteiger partial charge in [0.25, 0.3) is 0 Å². The van der Waals surface area contributed by atoms with E-state index in [1.165, 1.54) is 51.4 Å². The van der Waals surface area contributed by atoms with Crippen LogP contribution in [-0.4, -0.2) is 25.3 Å². The molecular formula is C17H31NO. The van der Waals surface area contributed by atoms with Crippen LogP contribution in [-0.2, 0) is 4.74 Å². The fourth-order valence-corrected chi connectivity index (χ4v) is 3.30. The lowest BCUT2D eigenvalue weighted by atomic mass is 9.90. The molecule has 2 atom stereocenters. The van der Waals surface area contributed by atoms with Crippen molar-refractivity contribution in [3.8, 4) is 0 Å². The van der Waals surface area contributed by atoms with Crippen molar-refractivity contribution in [1.82, 2.24) is 5.32 Å². The number of likely N-dealkylation sites (N-methyl/N-ethyl adjacent to an activating group) is 1. The van der Waals surface area contributed by atoms with Crippen molar-refractivity contribution in [3.05, 3.63) is 11.6 Å². The summed E-state index contributed by atoms with van der Waals surface area (Å²) in [6.45, 7) is 6.23. The van der Waals surface area contributed by atoms with Crippen LogP contribution in [0.4, 0.5) is 0 Å². The smallest absolute Gasteiger partial charge is 0.0794 e. The minimum absolute atomic E-state index is 0.413. The highest BCUT2D eigenvalue weighted by Gasteiger charge is 2.38. The van der Waals surface area contributed by atoms with E-state index in [-0.39, 0.29) is 0 Å². The van der Waals surface area contributed by atoms with Crippen LogP contribution in [0.25, 0.3) is 0 Å². The maximum Gasteiger partial charge on any atom is 0.0794 e. The van der Waals surface area contributed by atoms with Crippen LogP contribution in [0.2, 0.25) is 0 Å². The van der Waals surface area contributed by atoms with Gasteiger partial charge in [-0.1, -0.05) is 31.4 Å². The lowest BCUT2D eigenvalue weighted by Crippen LogP contribution is -2.44. The van der Waals surface area contributed by atoms with E-state index in [4.69, 9.17) is 4.74 Å². The third kappa shape index (κ3) is 4.61. The van der Waals surface area contributed by atoms with Crippen molar-refractivity contribution >= 4 is 0 Å². The van der Waals surface area contributed by atoms with Gasteiger partial charge in [-0.05, 0) is 57.9 Å². The number of hydrogen-bond acceptors (Lipinski definition) is 2. The molecule has 0 radical (unpaired) electrons. The molecule has 0 aromatic rings. The maximum atomic E-state index is 6.10. The van der Waals surface area contributed by atoms with Crippen LogP contribution in [0.1, 0.15) is 65.2 Å². The first-order chi connectivity index (χ1) is 9.36. The van der Waals surface area contributed by atoms with Crippen LogP contribution in [0.15, 0.2) is 11.6 Å². The molecule has 0 heterocycles. The lowest BCUT2D eigenvalue weighted by Gasteiger charge is -2.31. The minimum Gasteiger partial charge on any atom is -0.376 e. The van der Waals surface area contributed by atoms with Crippen LogP contribution in [0.5, 0.6) is 0 Å². The largest absolute Gasteiger partial charge is 0.376 e. The zero-order valence-corrected chi connectivity index (χ0v) is 12.8. The molecule has 0 aliphatic heterocycles. The van der Waals surface area contributed by atoms with Crippen LogP contribution >= 0.6 is 0 Å². The molecule has 1 N–H and O–H groups in total. The van der Waals surface area contributed by atoms with E-state index in [2.05, 4.69) is 25.2 Å². The molecule has 2 aliphatic carbocycles. The van der Waals surface area contributed by atoms with E-state index in [1.54, 1.807) is 5.57 Å². The predicted molar refractivity (Wildman–Crippen MR) is 81.4 cm³/mol. The summed E-state index contributed by atoms with van der Waals surface area (Å²) >= 11 is 0. The topological polar surface area (TPSA) is 21.3 Å². The fourth-order valence-electron chi connectivity index (χ4n) is 3.30. The van der Waals surface area contributed by atoms with E-state index in [1.807, 2.05) is 0 Å². The molecule has 110 valence electrons. The summed E-state index contributed by atoms with van der Waals surface area (Å²) in [5.74, 6) is 0.801. The van der Waals surface area contributed by atoms with Crippen molar-refractivity contribution < 1.29 is 4.74 Å². The van der Waals surface area contributed by atoms with Crippen LogP contribution in [0.3, 0.4) is 0 Å². The second kappa shape index (κ2) is 8.06. The molecule has 2 aliphatic rings. The number of allylic oxidation sites excluding steroid dienone is 1. The van der Waals surface area contributed by atoms with Gasteiger partial charge in [-0.15, -0.1) is 0 Å². The molecule has 2 rings (SSSR count). The Bertz CT molecular complexity index is 283. The fraction of sp³-hybridized carbons (Fsp3) is 0.882. The van der Waals surface area contributed by atoms with Gasteiger partial charge < -0.3 is 10.1 Å². The Morgan fingerprint density at radius 1 is 1.21 bits per heavy atom. The Morgan fingerprint density at radius 2 is 2.00 bits per heavy atom. The number of rotatable bonds is 7. The van der Waals surface area contributed by atoms with Gasteiger partial charge in [-0.2, -0.15) is 0 Å². The van der Waals surface area contributed by atoms with Gasteiger partial charge in [0.1, 0.15) is 0 Å². The number of ether oxygens (including phenoxy) is 1. The highest BCUT2D eigenvalue weighted by molar-refractivity contribution is 5.16. The Kier molecular flexibility index (Phi) is 6.39. The molecule has 0 spiro atoms. The van der Waals surface area contributed by atoms with Crippen molar-refractivity contribution in [2.45, 2.75) is 77.4 Å². The zero-order valence-electron chi connectivity index (χ0n) is 12.8. The molecule has 0 aromatic heterocycles. The van der Waals surface area contributed by atoms with Crippen molar-refractivity contribution in [2.75, 3.05) is 13.2 Å². The molecule has 2 unspecified atom stereocenters. The highest BCUT2D eigenvalue weighted by Crippen LogP contribution is 2.38. The monoisotopic (exact) mass is 265 g/mol. The lowest BCUT2D eigenvalue weighted by molar-refractivity contribution is 0.0273. The average Bonchev–Trinajstić information content (AvgIpc) is 3.18. The summed E-state index contributed by atoms with van der Waals surface area (Å²) in [4.78, 5) is 0. The van der Waals surface area contributed by atoms with Gasteiger partial charge in [0.2, 0.25) is 0 Å². The first kappa shape index (κ1) is 15.1. The quantitative estimate of drug-likeness (QED) is 0.701. The van der Waals surface area contributed by atoms with E-state index in [0.29, 0.717) is 12.1 Å². The summed E-state index contributed by atoms with van der Waals surface area (Å²) in [5.41, 5.74) is 1.63. The first-order valence-corrected chi connectivity index (χ1v) is 8.40. The first-order valence-electron chi connectivity index (χ1n) is 8.40. The molecular weight excluding hydrogens is 234 g/mol. The number of hydrogen-bond donors (Lipinski definition) is 1. The third-order valence-electron chi connectivity index (χ3n) is 4.42. The van der Waals surface area contributed by atoms with Crippen molar-refractivity contribution in [2.24, 2.45) is 5.92 Å². The Hall–Kier alpha value is -0.340. The standard InChI is InChI=1S/C17H31NO/c1-3-18-16(17(19-4-2)15-12-13-15)14-10-8-6-5-7-9-11-14/h10,15-18H,3-9,11-13H2,1-2H3. The van der Waals surface area contributed by atoms with E-state index in [9.17, 15) is 0 Å². The van der Waals surface area contributed by atoms with Crippen LogP contribution < -0.4 is 5.32 Å². The van der Waals surface area contributed by atoms with E-state index >= 15 is 0 Å². The highest BCUT2D eigenvalue weighted by atomic mass is 16.5. The second-order valence-electron chi connectivity index (χ2n) is 6.02. The maximum absolute atomic E-state index is 6.10. The molecule has 0 saturated heterocycles. The summed E-state index contributed by atoms with van der Waals surface area (Å²) in [6.07, 6.45) is 13.7. The molecule has 2 heteroatoms. The average molecular weight is 265 g/mol. The van der Waals surface area contributed by atoms with Crippen molar-refractivity contribution in [3.63, 3.8) is 0 Å². The number of nitrogens with one attached hydrogen (secondary N) is 1. The van der Waals surface area contributed by atoms with Crippen LogP contribution in [0, 0.1) is 5.92 Å². The Morgan fingerprint density at radius 3 is 2.68 bits per heavy atom.